The molecule has 1 aromatic heterocycles. The standard InChI is InChI=1S/C25H25N3O5S/c1-14(21-27-20(13-34-21)22(29)30)26-23(31)25(2,3)28-24(32)33-12-19-17-10-6-4-8-15(17)16-9-5-7-11-18(16)19/h4-11,13-14,19H,12H2,1-3H3,(H,26,31)(H,28,32)(H,29,30). The summed E-state index contributed by atoms with van der Waals surface area (Å²) in [5, 5.41) is 16.3. The zero-order valence-corrected chi connectivity index (χ0v) is 19.8. The largest absolute Gasteiger partial charge is 0.476 e. The van der Waals surface area contributed by atoms with Crippen LogP contribution in [0.25, 0.3) is 11.1 Å². The molecule has 0 spiro atoms. The Morgan fingerprint density at radius 2 is 1.68 bits per heavy atom. The van der Waals surface area contributed by atoms with Crippen molar-refractivity contribution in [2.45, 2.75) is 38.3 Å². The molecule has 9 heteroatoms. The van der Waals surface area contributed by atoms with Gasteiger partial charge in [0, 0.05) is 11.3 Å². The maximum absolute atomic E-state index is 12.8. The molecule has 0 saturated heterocycles. The fourth-order valence-electron chi connectivity index (χ4n) is 3.97. The molecular weight excluding hydrogens is 454 g/mol. The van der Waals surface area contributed by atoms with E-state index < -0.39 is 29.6 Å². The number of nitrogens with zero attached hydrogens (tertiary/aromatic N) is 1. The van der Waals surface area contributed by atoms with Crippen LogP contribution in [0.2, 0.25) is 0 Å². The first-order valence-electron chi connectivity index (χ1n) is 10.8. The van der Waals surface area contributed by atoms with Crippen LogP contribution in [-0.2, 0) is 9.53 Å². The van der Waals surface area contributed by atoms with Crippen LogP contribution in [0.15, 0.2) is 53.9 Å². The lowest BCUT2D eigenvalue weighted by atomic mass is 9.98. The summed E-state index contributed by atoms with van der Waals surface area (Å²) in [5.74, 6) is -1.65. The second-order valence-corrected chi connectivity index (χ2v) is 9.54. The van der Waals surface area contributed by atoms with Crippen molar-refractivity contribution in [1.82, 2.24) is 15.6 Å². The SMILES string of the molecule is CC(NC(=O)C(C)(C)NC(=O)OCC1c2ccccc2-c2ccccc21)c1nc(C(=O)O)cs1. The topological polar surface area (TPSA) is 118 Å². The van der Waals surface area contributed by atoms with Crippen molar-refractivity contribution in [1.29, 1.82) is 0 Å². The smallest absolute Gasteiger partial charge is 0.408 e. The number of aromatic nitrogens is 1. The van der Waals surface area contributed by atoms with Crippen molar-refractivity contribution in [3.63, 3.8) is 0 Å². The Morgan fingerprint density at radius 1 is 1.09 bits per heavy atom. The fourth-order valence-corrected chi connectivity index (χ4v) is 4.77. The average molecular weight is 480 g/mol. The molecular formula is C25H25N3O5S. The van der Waals surface area contributed by atoms with Gasteiger partial charge in [-0.15, -0.1) is 11.3 Å². The quantitative estimate of drug-likeness (QED) is 0.464. The Hall–Kier alpha value is -3.72. The van der Waals surface area contributed by atoms with E-state index >= 15 is 0 Å². The van der Waals surface area contributed by atoms with Gasteiger partial charge in [-0.2, -0.15) is 0 Å². The van der Waals surface area contributed by atoms with Crippen LogP contribution in [0.5, 0.6) is 0 Å². The first-order chi connectivity index (χ1) is 16.2. The van der Waals surface area contributed by atoms with E-state index in [2.05, 4.69) is 27.8 Å². The second-order valence-electron chi connectivity index (χ2n) is 8.65. The number of carbonyl (C=O) groups is 3. The molecule has 1 aliphatic rings. The number of fused-ring (bicyclic) bond motifs is 3. The van der Waals surface area contributed by atoms with E-state index in [9.17, 15) is 14.4 Å². The number of carboxylic acids is 1. The first kappa shape index (κ1) is 23.4. The van der Waals surface area contributed by atoms with E-state index in [0.29, 0.717) is 5.01 Å². The molecule has 0 bridgehead atoms. The molecule has 8 nitrogen and oxygen atoms in total. The Balaban J connectivity index is 1.37. The number of benzene rings is 2. The van der Waals surface area contributed by atoms with Gasteiger partial charge < -0.3 is 20.5 Å². The number of ether oxygens (including phenoxy) is 1. The molecule has 4 rings (SSSR count). The Labute approximate surface area is 201 Å². The van der Waals surface area contributed by atoms with Crippen LogP contribution in [0.4, 0.5) is 4.79 Å². The molecule has 176 valence electrons. The molecule has 3 N–H and O–H groups in total. The molecule has 0 saturated carbocycles. The van der Waals surface area contributed by atoms with E-state index in [-0.39, 0.29) is 18.2 Å². The van der Waals surface area contributed by atoms with Crippen LogP contribution in [-0.4, -0.2) is 40.2 Å². The van der Waals surface area contributed by atoms with Gasteiger partial charge in [0.1, 0.15) is 17.2 Å². The predicted molar refractivity (Wildman–Crippen MR) is 128 cm³/mol. The van der Waals surface area contributed by atoms with Gasteiger partial charge in [0.15, 0.2) is 5.69 Å². The summed E-state index contributed by atoms with van der Waals surface area (Å²) in [6, 6.07) is 15.6. The lowest BCUT2D eigenvalue weighted by Gasteiger charge is -2.26. The van der Waals surface area contributed by atoms with Crippen molar-refractivity contribution < 1.29 is 24.2 Å². The highest BCUT2D eigenvalue weighted by Crippen LogP contribution is 2.44. The first-order valence-corrected chi connectivity index (χ1v) is 11.7. The van der Waals surface area contributed by atoms with Crippen molar-refractivity contribution in [3.05, 3.63) is 75.7 Å². The minimum Gasteiger partial charge on any atom is -0.476 e. The molecule has 0 radical (unpaired) electrons. The monoisotopic (exact) mass is 479 g/mol. The van der Waals surface area contributed by atoms with E-state index in [1.807, 2.05) is 36.4 Å². The highest BCUT2D eigenvalue weighted by atomic mass is 32.1. The van der Waals surface area contributed by atoms with Crippen LogP contribution >= 0.6 is 11.3 Å². The van der Waals surface area contributed by atoms with Gasteiger partial charge in [0.2, 0.25) is 5.91 Å². The number of carboxylic acid groups (broad SMARTS) is 1. The summed E-state index contributed by atoms with van der Waals surface area (Å²) < 4.78 is 5.54. The number of thiazole rings is 1. The summed E-state index contributed by atoms with van der Waals surface area (Å²) in [4.78, 5) is 40.4. The van der Waals surface area contributed by atoms with Crippen molar-refractivity contribution in [2.24, 2.45) is 0 Å². The van der Waals surface area contributed by atoms with Crippen LogP contribution in [0, 0.1) is 0 Å². The van der Waals surface area contributed by atoms with Crippen LogP contribution in [0.3, 0.4) is 0 Å². The number of alkyl carbamates (subject to hydrolysis) is 1. The summed E-state index contributed by atoms with van der Waals surface area (Å²) in [5.41, 5.74) is 3.14. The number of aromatic carboxylic acids is 1. The lowest BCUT2D eigenvalue weighted by Crippen LogP contribution is -2.55. The van der Waals surface area contributed by atoms with E-state index in [1.54, 1.807) is 20.8 Å². The molecule has 0 fully saturated rings. The number of hydrogen-bond acceptors (Lipinski definition) is 6. The average Bonchev–Trinajstić information content (AvgIpc) is 3.41. The maximum atomic E-state index is 12.8. The van der Waals surface area contributed by atoms with Gasteiger partial charge in [-0.05, 0) is 43.0 Å². The van der Waals surface area contributed by atoms with Gasteiger partial charge in [0.25, 0.3) is 0 Å². The normalized spacial score (nSPS) is 13.5. The lowest BCUT2D eigenvalue weighted by molar-refractivity contribution is -0.127. The summed E-state index contributed by atoms with van der Waals surface area (Å²) in [7, 11) is 0. The molecule has 1 heterocycles. The van der Waals surface area contributed by atoms with Gasteiger partial charge in [0.05, 0.1) is 6.04 Å². The Bertz CT molecular complexity index is 1210. The minimum absolute atomic E-state index is 0.0721. The van der Waals surface area contributed by atoms with Crippen molar-refractivity contribution >= 4 is 29.3 Å². The molecule has 2 amide bonds. The van der Waals surface area contributed by atoms with Gasteiger partial charge in [-0.3, -0.25) is 4.79 Å². The van der Waals surface area contributed by atoms with Crippen molar-refractivity contribution in [3.8, 4) is 11.1 Å². The van der Waals surface area contributed by atoms with Crippen molar-refractivity contribution in [2.75, 3.05) is 6.61 Å². The van der Waals surface area contributed by atoms with E-state index in [0.717, 1.165) is 33.6 Å². The maximum Gasteiger partial charge on any atom is 0.408 e. The third-order valence-electron chi connectivity index (χ3n) is 5.78. The Morgan fingerprint density at radius 3 is 2.24 bits per heavy atom. The summed E-state index contributed by atoms with van der Waals surface area (Å²) in [6.45, 7) is 4.98. The zero-order valence-electron chi connectivity index (χ0n) is 19.0. The minimum atomic E-state index is -1.26. The fraction of sp³-hybridized carbons (Fsp3) is 0.280. The van der Waals surface area contributed by atoms with E-state index in [1.165, 1.54) is 5.38 Å². The molecule has 1 unspecified atom stereocenters. The summed E-state index contributed by atoms with van der Waals surface area (Å²) >= 11 is 1.14. The van der Waals surface area contributed by atoms with Gasteiger partial charge >= 0.3 is 12.1 Å². The number of rotatable bonds is 7. The predicted octanol–water partition coefficient (Wildman–Crippen LogP) is 4.34. The molecule has 1 aliphatic carbocycles. The number of amides is 2. The summed E-state index contributed by atoms with van der Waals surface area (Å²) in [6.07, 6.45) is -0.697. The Kier molecular flexibility index (Phi) is 6.39. The second kappa shape index (κ2) is 9.26. The highest BCUT2D eigenvalue weighted by Gasteiger charge is 2.33. The van der Waals surface area contributed by atoms with Crippen LogP contribution in [0.1, 0.15) is 59.4 Å². The zero-order chi connectivity index (χ0) is 24.5. The van der Waals surface area contributed by atoms with Gasteiger partial charge in [-0.25, -0.2) is 14.6 Å². The molecule has 0 aliphatic heterocycles. The highest BCUT2D eigenvalue weighted by molar-refractivity contribution is 7.09. The molecule has 34 heavy (non-hydrogen) atoms. The number of carbonyl (C=O) groups excluding carboxylic acids is 2. The van der Waals surface area contributed by atoms with E-state index in [4.69, 9.17) is 9.84 Å². The number of nitrogens with one attached hydrogen (secondary N) is 2. The van der Waals surface area contributed by atoms with Crippen LogP contribution < -0.4 is 10.6 Å². The third-order valence-corrected chi connectivity index (χ3v) is 6.81. The molecule has 3 aromatic rings. The third kappa shape index (κ3) is 4.65. The molecule has 1 atom stereocenters. The number of hydrogen-bond donors (Lipinski definition) is 3. The molecule has 2 aromatic carbocycles. The van der Waals surface area contributed by atoms with Gasteiger partial charge in [-0.1, -0.05) is 48.5 Å².